The Morgan fingerprint density at radius 3 is 2.90 bits per heavy atom. The van der Waals surface area contributed by atoms with Crippen LogP contribution >= 0.6 is 0 Å². The van der Waals surface area contributed by atoms with E-state index in [2.05, 4.69) is 25.6 Å². The number of hydrogen-bond acceptors (Lipinski definition) is 7. The molecule has 1 aliphatic rings. The molecular formula is C13H17N5O3. The molecule has 2 aromatic rings. The van der Waals surface area contributed by atoms with Crippen LogP contribution < -0.4 is 0 Å². The maximum absolute atomic E-state index is 12.4. The lowest BCUT2D eigenvalue weighted by atomic mass is 9.74. The molecule has 1 fully saturated rings. The third-order valence-electron chi connectivity index (χ3n) is 3.85. The molecule has 3 rings (SSSR count). The Bertz CT molecular complexity index is 601. The molecule has 21 heavy (non-hydrogen) atoms. The monoisotopic (exact) mass is 291 g/mol. The van der Waals surface area contributed by atoms with Gasteiger partial charge in [0.05, 0.1) is 12.8 Å². The molecule has 0 aliphatic heterocycles. The minimum Gasteiger partial charge on any atom is -0.465 e. The largest absolute Gasteiger partial charge is 0.465 e. The maximum Gasteiger partial charge on any atom is 0.321 e. The maximum atomic E-state index is 12.4. The quantitative estimate of drug-likeness (QED) is 0.853. The summed E-state index contributed by atoms with van der Waals surface area (Å²) < 4.78 is 10.6. The zero-order valence-corrected chi connectivity index (χ0v) is 11.8. The molecule has 0 saturated heterocycles. The van der Waals surface area contributed by atoms with Gasteiger partial charge in [-0.1, -0.05) is 24.4 Å². The SMILES string of the molecule is CCOC(=O)C1(c2nc(-c3cn[nH]n3)no2)CCCCC1. The second-order valence-corrected chi connectivity index (χ2v) is 5.14. The van der Waals surface area contributed by atoms with E-state index in [-0.39, 0.29) is 5.97 Å². The highest BCUT2D eigenvalue weighted by Gasteiger charge is 2.47. The van der Waals surface area contributed by atoms with Gasteiger partial charge in [-0.05, 0) is 19.8 Å². The van der Waals surface area contributed by atoms with Crippen molar-refractivity contribution in [3.05, 3.63) is 12.1 Å². The van der Waals surface area contributed by atoms with E-state index < -0.39 is 5.41 Å². The van der Waals surface area contributed by atoms with Crippen molar-refractivity contribution < 1.29 is 14.1 Å². The zero-order valence-electron chi connectivity index (χ0n) is 11.8. The van der Waals surface area contributed by atoms with Gasteiger partial charge in [0.2, 0.25) is 11.7 Å². The van der Waals surface area contributed by atoms with Crippen LogP contribution in [-0.4, -0.2) is 38.1 Å². The van der Waals surface area contributed by atoms with Gasteiger partial charge in [-0.3, -0.25) is 4.79 Å². The first-order chi connectivity index (χ1) is 10.3. The molecule has 112 valence electrons. The molecule has 1 N–H and O–H groups in total. The first kappa shape index (κ1) is 13.7. The standard InChI is InChI=1S/C13H17N5O3/c1-2-20-12(19)13(6-4-3-5-7-13)11-15-10(17-21-11)9-8-14-18-16-9/h8H,2-7H2,1H3,(H,14,16,18). The Labute approximate surface area is 121 Å². The highest BCUT2D eigenvalue weighted by molar-refractivity contribution is 5.82. The summed E-state index contributed by atoms with van der Waals surface area (Å²) in [7, 11) is 0. The first-order valence-corrected chi connectivity index (χ1v) is 7.14. The van der Waals surface area contributed by atoms with Crippen LogP contribution in [0.15, 0.2) is 10.7 Å². The van der Waals surface area contributed by atoms with E-state index in [0.29, 0.717) is 36.9 Å². The summed E-state index contributed by atoms with van der Waals surface area (Å²) in [5.74, 6) is 0.367. The summed E-state index contributed by atoms with van der Waals surface area (Å²) in [6, 6.07) is 0. The summed E-state index contributed by atoms with van der Waals surface area (Å²) >= 11 is 0. The van der Waals surface area contributed by atoms with Gasteiger partial charge < -0.3 is 9.26 Å². The van der Waals surface area contributed by atoms with Crippen molar-refractivity contribution in [2.24, 2.45) is 0 Å². The van der Waals surface area contributed by atoms with Crippen molar-refractivity contribution in [1.29, 1.82) is 0 Å². The molecule has 8 heteroatoms. The number of rotatable bonds is 4. The summed E-state index contributed by atoms with van der Waals surface area (Å²) in [6.07, 6.45) is 5.84. The van der Waals surface area contributed by atoms with Crippen LogP contribution in [-0.2, 0) is 14.9 Å². The predicted octanol–water partition coefficient (Wildman–Crippen LogP) is 1.62. The molecule has 8 nitrogen and oxygen atoms in total. The normalized spacial score (nSPS) is 17.6. The van der Waals surface area contributed by atoms with E-state index in [1.54, 1.807) is 6.92 Å². The molecule has 0 bridgehead atoms. The Balaban J connectivity index is 1.95. The van der Waals surface area contributed by atoms with Crippen molar-refractivity contribution in [2.75, 3.05) is 6.61 Å². The number of carbonyl (C=O) groups is 1. The van der Waals surface area contributed by atoms with Crippen molar-refractivity contribution >= 4 is 5.97 Å². The topological polar surface area (TPSA) is 107 Å². The molecule has 1 aliphatic carbocycles. The summed E-state index contributed by atoms with van der Waals surface area (Å²) in [5.41, 5.74) is -0.330. The van der Waals surface area contributed by atoms with Crippen molar-refractivity contribution in [3.8, 4) is 11.5 Å². The van der Waals surface area contributed by atoms with Gasteiger partial charge in [0.25, 0.3) is 0 Å². The third kappa shape index (κ3) is 2.41. The van der Waals surface area contributed by atoms with Crippen molar-refractivity contribution in [1.82, 2.24) is 25.6 Å². The first-order valence-electron chi connectivity index (χ1n) is 7.14. The van der Waals surface area contributed by atoms with Gasteiger partial charge in [-0.25, -0.2) is 0 Å². The predicted molar refractivity (Wildman–Crippen MR) is 71.1 cm³/mol. The van der Waals surface area contributed by atoms with E-state index in [1.165, 1.54) is 6.20 Å². The molecule has 0 radical (unpaired) electrons. The van der Waals surface area contributed by atoms with E-state index in [9.17, 15) is 4.79 Å². The summed E-state index contributed by atoms with van der Waals surface area (Å²) in [5, 5.41) is 14.0. The van der Waals surface area contributed by atoms with E-state index in [0.717, 1.165) is 19.3 Å². The van der Waals surface area contributed by atoms with Crippen molar-refractivity contribution in [3.63, 3.8) is 0 Å². The summed E-state index contributed by atoms with van der Waals surface area (Å²) in [4.78, 5) is 16.8. The number of aromatic amines is 1. The van der Waals surface area contributed by atoms with Gasteiger partial charge in [0.15, 0.2) is 5.69 Å². The molecular weight excluding hydrogens is 274 g/mol. The number of nitrogens with one attached hydrogen (secondary N) is 1. The fraction of sp³-hybridized carbons (Fsp3) is 0.615. The minimum absolute atomic E-state index is 0.278. The second-order valence-electron chi connectivity index (χ2n) is 5.14. The lowest BCUT2D eigenvalue weighted by molar-refractivity contribution is -0.152. The molecule has 2 heterocycles. The van der Waals surface area contributed by atoms with Crippen LogP contribution in [0.3, 0.4) is 0 Å². The fourth-order valence-corrected chi connectivity index (χ4v) is 2.76. The minimum atomic E-state index is -0.816. The van der Waals surface area contributed by atoms with Gasteiger partial charge >= 0.3 is 5.97 Å². The van der Waals surface area contributed by atoms with Gasteiger partial charge in [0, 0.05) is 0 Å². The second kappa shape index (κ2) is 5.63. The number of hydrogen-bond donors (Lipinski definition) is 1. The molecule has 1 saturated carbocycles. The molecule has 0 spiro atoms. The Kier molecular flexibility index (Phi) is 3.68. The number of carbonyl (C=O) groups excluding carboxylic acids is 1. The molecule has 0 unspecified atom stereocenters. The average Bonchev–Trinajstić information content (AvgIpc) is 3.19. The lowest BCUT2D eigenvalue weighted by Crippen LogP contribution is -2.39. The smallest absolute Gasteiger partial charge is 0.321 e. The van der Waals surface area contributed by atoms with Crippen LogP contribution in [0, 0.1) is 0 Å². The van der Waals surface area contributed by atoms with E-state index in [4.69, 9.17) is 9.26 Å². The number of aromatic nitrogens is 5. The number of esters is 1. The Morgan fingerprint density at radius 2 is 2.24 bits per heavy atom. The highest BCUT2D eigenvalue weighted by atomic mass is 16.5. The summed E-state index contributed by atoms with van der Waals surface area (Å²) in [6.45, 7) is 2.13. The average molecular weight is 291 g/mol. The van der Waals surface area contributed by atoms with Crippen LogP contribution in [0.4, 0.5) is 0 Å². The van der Waals surface area contributed by atoms with Crippen LogP contribution in [0.1, 0.15) is 44.9 Å². The Morgan fingerprint density at radius 1 is 1.43 bits per heavy atom. The van der Waals surface area contributed by atoms with Gasteiger partial charge in [-0.2, -0.15) is 20.4 Å². The van der Waals surface area contributed by atoms with Gasteiger partial charge in [-0.15, -0.1) is 0 Å². The fourth-order valence-electron chi connectivity index (χ4n) is 2.76. The van der Waals surface area contributed by atoms with Crippen LogP contribution in [0.5, 0.6) is 0 Å². The third-order valence-corrected chi connectivity index (χ3v) is 3.85. The highest BCUT2D eigenvalue weighted by Crippen LogP contribution is 2.40. The van der Waals surface area contributed by atoms with E-state index in [1.807, 2.05) is 0 Å². The molecule has 2 aromatic heterocycles. The zero-order chi connectivity index (χ0) is 14.7. The van der Waals surface area contributed by atoms with Gasteiger partial charge in [0.1, 0.15) is 5.41 Å². The van der Waals surface area contributed by atoms with Crippen LogP contribution in [0.25, 0.3) is 11.5 Å². The number of ether oxygens (including phenoxy) is 1. The Hall–Kier alpha value is -2.25. The van der Waals surface area contributed by atoms with Crippen molar-refractivity contribution in [2.45, 2.75) is 44.4 Å². The molecule has 0 atom stereocenters. The molecule has 0 amide bonds. The number of H-pyrrole nitrogens is 1. The number of nitrogens with zero attached hydrogens (tertiary/aromatic N) is 4. The lowest BCUT2D eigenvalue weighted by Gasteiger charge is -2.31. The van der Waals surface area contributed by atoms with E-state index >= 15 is 0 Å². The molecule has 0 aromatic carbocycles. The van der Waals surface area contributed by atoms with Crippen LogP contribution in [0.2, 0.25) is 0 Å².